The number of nitrogen functional groups attached to an aromatic ring is 1. The summed E-state index contributed by atoms with van der Waals surface area (Å²) < 4.78 is 66.9. The second kappa shape index (κ2) is 8.37. The molecule has 0 fully saturated rings. The van der Waals surface area contributed by atoms with Crippen molar-refractivity contribution in [2.45, 2.75) is 11.1 Å². The van der Waals surface area contributed by atoms with Crippen LogP contribution in [0.1, 0.15) is 21.6 Å². The van der Waals surface area contributed by atoms with Crippen molar-refractivity contribution in [2.75, 3.05) is 10.5 Å². The molecule has 162 valence electrons. The summed E-state index contributed by atoms with van der Waals surface area (Å²) in [5.41, 5.74) is 3.99. The maximum absolute atomic E-state index is 13.1. The van der Waals surface area contributed by atoms with Gasteiger partial charge in [0.15, 0.2) is 0 Å². The zero-order valence-electron chi connectivity index (χ0n) is 15.2. The number of nitrogens with zero attached hydrogens (tertiary/aromatic N) is 1. The number of aromatic nitrogens is 1. The summed E-state index contributed by atoms with van der Waals surface area (Å²) in [5.74, 6) is -0.709. The Hall–Kier alpha value is -2.82. The van der Waals surface area contributed by atoms with E-state index >= 15 is 0 Å². The summed E-state index contributed by atoms with van der Waals surface area (Å²) in [4.78, 5) is 16.0. The van der Waals surface area contributed by atoms with E-state index in [4.69, 9.17) is 28.9 Å². The van der Waals surface area contributed by atoms with E-state index in [9.17, 15) is 26.4 Å². The van der Waals surface area contributed by atoms with E-state index < -0.39 is 37.5 Å². The van der Waals surface area contributed by atoms with Crippen LogP contribution < -0.4 is 10.5 Å². The largest absolute Gasteiger partial charge is 0.417 e. The molecule has 1 aromatic heterocycles. The first-order valence-corrected chi connectivity index (χ1v) is 10.6. The number of hydrogen-bond acceptors (Lipinski definition) is 5. The van der Waals surface area contributed by atoms with Crippen LogP contribution in [-0.4, -0.2) is 19.2 Å². The minimum Gasteiger partial charge on any atom is -0.398 e. The van der Waals surface area contributed by atoms with Crippen LogP contribution >= 0.6 is 23.2 Å². The lowest BCUT2D eigenvalue weighted by Crippen LogP contribution is -2.18. The van der Waals surface area contributed by atoms with Crippen molar-refractivity contribution in [1.82, 2.24) is 4.98 Å². The molecule has 31 heavy (non-hydrogen) atoms. The number of hydrogen-bond donors (Lipinski definition) is 2. The third kappa shape index (κ3) is 4.92. The lowest BCUT2D eigenvalue weighted by atomic mass is 10.0. The van der Waals surface area contributed by atoms with E-state index in [1.165, 1.54) is 12.1 Å². The van der Waals surface area contributed by atoms with E-state index in [1.54, 1.807) is 12.1 Å². The average Bonchev–Trinajstić information content (AvgIpc) is 2.67. The van der Waals surface area contributed by atoms with E-state index in [0.717, 1.165) is 24.4 Å². The minimum atomic E-state index is -4.87. The molecule has 1 heterocycles. The van der Waals surface area contributed by atoms with Gasteiger partial charge in [-0.15, -0.1) is 0 Å². The van der Waals surface area contributed by atoms with E-state index in [1.807, 2.05) is 0 Å². The Balaban J connectivity index is 2.06. The Morgan fingerprint density at radius 3 is 2.39 bits per heavy atom. The fourth-order valence-electron chi connectivity index (χ4n) is 2.62. The average molecular weight is 490 g/mol. The molecule has 0 atom stereocenters. The Bertz CT molecular complexity index is 1280. The van der Waals surface area contributed by atoms with E-state index in [2.05, 4.69) is 9.71 Å². The van der Waals surface area contributed by atoms with Crippen molar-refractivity contribution in [3.05, 3.63) is 81.6 Å². The molecule has 0 bridgehead atoms. The fraction of sp³-hybridized carbons (Fsp3) is 0.0526. The summed E-state index contributed by atoms with van der Waals surface area (Å²) in [6, 6.07) is 9.25. The molecule has 0 amide bonds. The number of alkyl halides is 3. The number of benzene rings is 2. The maximum Gasteiger partial charge on any atom is 0.417 e. The van der Waals surface area contributed by atoms with Gasteiger partial charge in [0.2, 0.25) is 5.78 Å². The van der Waals surface area contributed by atoms with Gasteiger partial charge in [-0.1, -0.05) is 35.3 Å². The number of carbonyl (C=O) groups is 1. The topological polar surface area (TPSA) is 102 Å². The molecule has 0 saturated carbocycles. The third-order valence-electron chi connectivity index (χ3n) is 4.07. The zero-order chi connectivity index (χ0) is 23.0. The lowest BCUT2D eigenvalue weighted by molar-refractivity contribution is -0.137. The Kier molecular flexibility index (Phi) is 6.17. The van der Waals surface area contributed by atoms with Crippen molar-refractivity contribution < 1.29 is 26.4 Å². The van der Waals surface area contributed by atoms with Gasteiger partial charge in [-0.05, 0) is 36.4 Å². The highest BCUT2D eigenvalue weighted by Crippen LogP contribution is 2.36. The minimum absolute atomic E-state index is 0.0117. The molecule has 6 nitrogen and oxygen atoms in total. The number of anilines is 2. The predicted octanol–water partition coefficient (Wildman–Crippen LogP) is 5.02. The molecule has 0 aliphatic rings. The van der Waals surface area contributed by atoms with Crippen LogP contribution in [-0.2, 0) is 16.2 Å². The van der Waals surface area contributed by atoms with E-state index in [0.29, 0.717) is 6.07 Å². The smallest absolute Gasteiger partial charge is 0.398 e. The molecule has 3 N–H and O–H groups in total. The first-order valence-electron chi connectivity index (χ1n) is 8.34. The summed E-state index contributed by atoms with van der Waals surface area (Å²) in [5, 5.41) is -0.673. The van der Waals surface area contributed by atoms with Gasteiger partial charge in [-0.25, -0.2) is 13.4 Å². The van der Waals surface area contributed by atoms with Crippen molar-refractivity contribution in [2.24, 2.45) is 0 Å². The second-order valence-electron chi connectivity index (χ2n) is 6.21. The molecule has 3 aromatic rings. The number of pyridine rings is 1. The van der Waals surface area contributed by atoms with Crippen molar-refractivity contribution in [3.63, 3.8) is 0 Å². The number of halogens is 5. The monoisotopic (exact) mass is 489 g/mol. The fourth-order valence-corrected chi connectivity index (χ4v) is 4.09. The molecule has 0 saturated heterocycles. The van der Waals surface area contributed by atoms with Gasteiger partial charge in [0, 0.05) is 17.4 Å². The van der Waals surface area contributed by atoms with Crippen LogP contribution in [0.15, 0.2) is 59.6 Å². The number of sulfonamides is 1. The normalized spacial score (nSPS) is 11.9. The Labute approximate surface area is 184 Å². The molecular weight excluding hydrogens is 478 g/mol. The van der Waals surface area contributed by atoms with Crippen LogP contribution in [0.2, 0.25) is 10.0 Å². The van der Waals surface area contributed by atoms with Crippen LogP contribution in [0.25, 0.3) is 0 Å². The van der Waals surface area contributed by atoms with Gasteiger partial charge < -0.3 is 5.73 Å². The predicted molar refractivity (Wildman–Crippen MR) is 111 cm³/mol. The summed E-state index contributed by atoms with van der Waals surface area (Å²) >= 11 is 11.4. The Morgan fingerprint density at radius 2 is 1.74 bits per heavy atom. The van der Waals surface area contributed by atoms with Gasteiger partial charge in [0.25, 0.3) is 10.0 Å². The first kappa shape index (κ1) is 22.9. The van der Waals surface area contributed by atoms with Gasteiger partial charge in [-0.2, -0.15) is 13.2 Å². The number of rotatable bonds is 5. The van der Waals surface area contributed by atoms with Crippen LogP contribution in [0, 0.1) is 0 Å². The molecule has 0 aliphatic heterocycles. The van der Waals surface area contributed by atoms with Crippen LogP contribution in [0.5, 0.6) is 0 Å². The summed E-state index contributed by atoms with van der Waals surface area (Å²) in [7, 11) is -4.57. The van der Waals surface area contributed by atoms with E-state index in [-0.39, 0.29) is 27.7 Å². The van der Waals surface area contributed by atoms with Crippen LogP contribution in [0.4, 0.5) is 24.5 Å². The molecule has 2 aromatic carbocycles. The van der Waals surface area contributed by atoms with Crippen molar-refractivity contribution >= 4 is 50.4 Å². The highest BCUT2D eigenvalue weighted by atomic mass is 35.5. The Morgan fingerprint density at radius 1 is 1.06 bits per heavy atom. The third-order valence-corrected chi connectivity index (χ3v) is 5.97. The maximum atomic E-state index is 13.1. The summed E-state index contributed by atoms with van der Waals surface area (Å²) in [6.07, 6.45) is -3.75. The van der Waals surface area contributed by atoms with Gasteiger partial charge in [0.1, 0.15) is 5.69 Å². The van der Waals surface area contributed by atoms with Gasteiger partial charge in [0.05, 0.1) is 26.2 Å². The van der Waals surface area contributed by atoms with Crippen LogP contribution in [0.3, 0.4) is 0 Å². The SMILES string of the molecule is Nc1ccccc1C(=O)c1ncc(Cl)cc1NS(=O)(=O)c1ccc(Cl)c(C(F)(F)F)c1. The highest BCUT2D eigenvalue weighted by molar-refractivity contribution is 7.92. The molecule has 0 radical (unpaired) electrons. The van der Waals surface area contributed by atoms with Gasteiger partial charge in [-0.3, -0.25) is 9.52 Å². The van der Waals surface area contributed by atoms with Crippen molar-refractivity contribution in [1.29, 1.82) is 0 Å². The molecule has 0 unspecified atom stereocenters. The number of carbonyl (C=O) groups excluding carboxylic acids is 1. The molecule has 0 aliphatic carbocycles. The summed E-state index contributed by atoms with van der Waals surface area (Å²) in [6.45, 7) is 0. The highest BCUT2D eigenvalue weighted by Gasteiger charge is 2.34. The first-order chi connectivity index (χ1) is 14.4. The lowest BCUT2D eigenvalue weighted by Gasteiger charge is -2.14. The number of nitrogens with one attached hydrogen (secondary N) is 1. The molecule has 0 spiro atoms. The molecular formula is C19H12Cl2F3N3O3S. The van der Waals surface area contributed by atoms with Crippen molar-refractivity contribution in [3.8, 4) is 0 Å². The molecule has 12 heteroatoms. The quantitative estimate of drug-likeness (QED) is 0.386. The molecule has 3 rings (SSSR count). The number of para-hydroxylation sites is 1. The van der Waals surface area contributed by atoms with Gasteiger partial charge >= 0.3 is 6.18 Å². The zero-order valence-corrected chi connectivity index (χ0v) is 17.6. The number of ketones is 1. The second-order valence-corrected chi connectivity index (χ2v) is 8.74. The standard InChI is InChI=1S/C19H12Cl2F3N3O3S/c20-10-7-16(17(26-9-10)18(28)12-3-1-2-4-15(12)25)27-31(29,30)11-5-6-14(21)13(8-11)19(22,23)24/h1-9,27H,25H2. The number of nitrogens with two attached hydrogens (primary N) is 1.